The first-order valence-electron chi connectivity index (χ1n) is 9.34. The van der Waals surface area contributed by atoms with E-state index in [-0.39, 0.29) is 5.91 Å². The Kier molecular flexibility index (Phi) is 5.77. The Morgan fingerprint density at radius 2 is 2.33 bits per heavy atom. The number of hydrogen-bond donors (Lipinski definition) is 1. The van der Waals surface area contributed by atoms with Crippen molar-refractivity contribution in [3.05, 3.63) is 59.1 Å². The second-order valence-corrected chi connectivity index (χ2v) is 7.41. The molecule has 0 aliphatic carbocycles. The fourth-order valence-corrected chi connectivity index (χ4v) is 3.84. The Bertz CT molecular complexity index is 1190. The smallest absolute Gasteiger partial charge is 0.264 e. The van der Waals surface area contributed by atoms with Crippen molar-refractivity contribution < 1.29 is 9.53 Å². The normalized spacial score (nSPS) is 16.2. The number of nitrogens with one attached hydrogen (secondary N) is 1. The number of carbonyl (C=O) groups is 1. The fourth-order valence-electron chi connectivity index (χ4n) is 2.99. The number of nitriles is 1. The number of aliphatic imine (C=N–C) groups is 1. The van der Waals surface area contributed by atoms with Gasteiger partial charge in [-0.15, -0.1) is 0 Å². The summed E-state index contributed by atoms with van der Waals surface area (Å²) in [5.41, 5.74) is 1.93. The number of amides is 1. The van der Waals surface area contributed by atoms with E-state index in [4.69, 9.17) is 4.74 Å². The van der Waals surface area contributed by atoms with Crippen LogP contribution in [0.5, 0.6) is 5.75 Å². The SMILES string of the molecule is CCOc1c(C#N)cnc2ccc(/C=C3\SC(=NCCn4ccnc4)NC3=O)cc12. The predicted molar refractivity (Wildman–Crippen MR) is 116 cm³/mol. The molecule has 1 N–H and O–H groups in total. The lowest BCUT2D eigenvalue weighted by Crippen LogP contribution is -2.20. The van der Waals surface area contributed by atoms with Crippen LogP contribution in [0.3, 0.4) is 0 Å². The standard InChI is InChI=1S/C21H18N6O2S/c1-2-29-19-15(11-22)12-25-17-4-3-14(9-16(17)19)10-18-20(28)26-21(30-18)24-6-8-27-7-5-23-13-27/h3-5,7,9-10,12-13H,2,6,8H2,1H3,(H,24,26,28)/b18-10-. The van der Waals surface area contributed by atoms with E-state index in [9.17, 15) is 10.1 Å². The van der Waals surface area contributed by atoms with Crippen LogP contribution in [0.25, 0.3) is 17.0 Å². The average Bonchev–Trinajstić information content (AvgIpc) is 3.38. The van der Waals surface area contributed by atoms with Gasteiger partial charge in [-0.2, -0.15) is 5.26 Å². The summed E-state index contributed by atoms with van der Waals surface area (Å²) in [7, 11) is 0. The third-order valence-corrected chi connectivity index (χ3v) is 5.32. The van der Waals surface area contributed by atoms with E-state index in [0.717, 1.165) is 16.5 Å². The number of ether oxygens (including phenoxy) is 1. The van der Waals surface area contributed by atoms with Crippen molar-refractivity contribution in [2.24, 2.45) is 4.99 Å². The van der Waals surface area contributed by atoms with Crippen LogP contribution < -0.4 is 10.1 Å². The van der Waals surface area contributed by atoms with Gasteiger partial charge in [0.15, 0.2) is 5.17 Å². The number of pyridine rings is 1. The Balaban J connectivity index is 1.57. The Labute approximate surface area is 177 Å². The molecule has 0 saturated carbocycles. The Morgan fingerprint density at radius 1 is 1.43 bits per heavy atom. The minimum absolute atomic E-state index is 0.185. The highest BCUT2D eigenvalue weighted by atomic mass is 32.2. The molecule has 150 valence electrons. The van der Waals surface area contributed by atoms with Gasteiger partial charge in [0, 0.05) is 30.5 Å². The van der Waals surface area contributed by atoms with Crippen molar-refractivity contribution >= 4 is 39.8 Å². The number of thioether (sulfide) groups is 1. The third kappa shape index (κ3) is 4.18. The molecule has 0 radical (unpaired) electrons. The second-order valence-electron chi connectivity index (χ2n) is 6.37. The topological polar surface area (TPSA) is 105 Å². The van der Waals surface area contributed by atoms with Crippen molar-refractivity contribution in [1.29, 1.82) is 5.26 Å². The van der Waals surface area contributed by atoms with E-state index in [2.05, 4.69) is 26.3 Å². The maximum atomic E-state index is 12.3. The molecule has 1 fully saturated rings. The maximum Gasteiger partial charge on any atom is 0.264 e. The monoisotopic (exact) mass is 418 g/mol. The first kappa shape index (κ1) is 19.7. The summed E-state index contributed by atoms with van der Waals surface area (Å²) >= 11 is 1.30. The highest BCUT2D eigenvalue weighted by Crippen LogP contribution is 2.31. The van der Waals surface area contributed by atoms with Crippen LogP contribution in [0.4, 0.5) is 0 Å². The lowest BCUT2D eigenvalue weighted by atomic mass is 10.1. The summed E-state index contributed by atoms with van der Waals surface area (Å²) in [5.74, 6) is 0.325. The van der Waals surface area contributed by atoms with Crippen LogP contribution >= 0.6 is 11.8 Å². The molecule has 30 heavy (non-hydrogen) atoms. The molecule has 0 bridgehead atoms. The van der Waals surface area contributed by atoms with Gasteiger partial charge < -0.3 is 14.6 Å². The quantitative estimate of drug-likeness (QED) is 0.617. The first-order chi connectivity index (χ1) is 14.7. The molecule has 0 unspecified atom stereocenters. The number of fused-ring (bicyclic) bond motifs is 1. The van der Waals surface area contributed by atoms with Crippen molar-refractivity contribution in [3.63, 3.8) is 0 Å². The predicted octanol–water partition coefficient (Wildman–Crippen LogP) is 2.96. The number of hydrogen-bond acceptors (Lipinski definition) is 7. The zero-order valence-corrected chi connectivity index (χ0v) is 17.0. The van der Waals surface area contributed by atoms with Crippen molar-refractivity contribution in [3.8, 4) is 11.8 Å². The maximum absolute atomic E-state index is 12.3. The molecule has 3 heterocycles. The fraction of sp³-hybridized carbons (Fsp3) is 0.190. The van der Waals surface area contributed by atoms with Crippen LogP contribution in [-0.2, 0) is 11.3 Å². The van der Waals surface area contributed by atoms with Crippen LogP contribution in [-0.4, -0.2) is 38.8 Å². The number of carbonyl (C=O) groups excluding carboxylic acids is 1. The van der Waals surface area contributed by atoms with Crippen LogP contribution in [0.2, 0.25) is 0 Å². The molecule has 9 heteroatoms. The molecule has 0 atom stereocenters. The van der Waals surface area contributed by atoms with Crippen molar-refractivity contribution in [2.45, 2.75) is 13.5 Å². The van der Waals surface area contributed by atoms with Crippen LogP contribution in [0.15, 0.2) is 53.0 Å². The molecule has 3 aromatic rings. The summed E-state index contributed by atoms with van der Waals surface area (Å²) in [6.07, 6.45) is 8.63. The molecule has 2 aromatic heterocycles. The van der Waals surface area contributed by atoms with E-state index in [0.29, 0.717) is 41.1 Å². The molecule has 1 amide bonds. The lowest BCUT2D eigenvalue weighted by molar-refractivity contribution is -0.115. The Hall–Kier alpha value is -3.64. The third-order valence-electron chi connectivity index (χ3n) is 4.37. The molecule has 1 aliphatic rings. The van der Waals surface area contributed by atoms with E-state index >= 15 is 0 Å². The van der Waals surface area contributed by atoms with Gasteiger partial charge in [-0.25, -0.2) is 4.98 Å². The summed E-state index contributed by atoms with van der Waals surface area (Å²) in [6.45, 7) is 3.54. The van der Waals surface area contributed by atoms with E-state index in [1.54, 1.807) is 18.6 Å². The first-order valence-corrected chi connectivity index (χ1v) is 10.2. The molecular formula is C21H18N6O2S. The molecule has 4 rings (SSSR count). The van der Waals surface area contributed by atoms with Crippen LogP contribution in [0.1, 0.15) is 18.1 Å². The summed E-state index contributed by atoms with van der Waals surface area (Å²) in [6, 6.07) is 7.72. The van der Waals surface area contributed by atoms with Gasteiger partial charge in [0.1, 0.15) is 17.4 Å². The number of rotatable bonds is 6. The van der Waals surface area contributed by atoms with Gasteiger partial charge >= 0.3 is 0 Å². The summed E-state index contributed by atoms with van der Waals surface area (Å²) < 4.78 is 7.61. The van der Waals surface area contributed by atoms with Crippen molar-refractivity contribution in [2.75, 3.05) is 13.2 Å². The number of aromatic nitrogens is 3. The van der Waals surface area contributed by atoms with Crippen molar-refractivity contribution in [1.82, 2.24) is 19.9 Å². The number of nitrogens with zero attached hydrogens (tertiary/aromatic N) is 5. The number of imidazole rings is 1. The van der Waals surface area contributed by atoms with E-state index in [1.807, 2.05) is 35.9 Å². The largest absolute Gasteiger partial charge is 0.492 e. The minimum atomic E-state index is -0.185. The second kappa shape index (κ2) is 8.80. The molecular weight excluding hydrogens is 400 g/mol. The van der Waals surface area contributed by atoms with E-state index < -0.39 is 0 Å². The zero-order chi connectivity index (χ0) is 20.9. The number of benzene rings is 1. The van der Waals surface area contributed by atoms with Gasteiger partial charge in [-0.05, 0) is 42.5 Å². The van der Waals surface area contributed by atoms with Gasteiger partial charge in [0.05, 0.1) is 29.9 Å². The highest BCUT2D eigenvalue weighted by molar-refractivity contribution is 8.18. The van der Waals surface area contributed by atoms with Gasteiger partial charge in [0.2, 0.25) is 0 Å². The molecule has 1 aromatic carbocycles. The summed E-state index contributed by atoms with van der Waals surface area (Å²) in [5, 5.41) is 13.5. The van der Waals surface area contributed by atoms with E-state index in [1.165, 1.54) is 18.0 Å². The Morgan fingerprint density at radius 3 is 3.10 bits per heavy atom. The van der Waals surface area contributed by atoms with Gasteiger partial charge in [-0.1, -0.05) is 6.07 Å². The molecule has 1 aliphatic heterocycles. The minimum Gasteiger partial charge on any atom is -0.492 e. The van der Waals surface area contributed by atoms with Crippen LogP contribution in [0, 0.1) is 11.3 Å². The average molecular weight is 418 g/mol. The molecule has 1 saturated heterocycles. The molecule has 0 spiro atoms. The zero-order valence-electron chi connectivity index (χ0n) is 16.2. The molecule has 8 nitrogen and oxygen atoms in total. The van der Waals surface area contributed by atoms with Gasteiger partial charge in [-0.3, -0.25) is 14.8 Å². The highest BCUT2D eigenvalue weighted by Gasteiger charge is 2.23. The number of amidine groups is 1. The summed E-state index contributed by atoms with van der Waals surface area (Å²) in [4.78, 5) is 25.6. The lowest BCUT2D eigenvalue weighted by Gasteiger charge is -2.09. The van der Waals surface area contributed by atoms with Gasteiger partial charge in [0.25, 0.3) is 5.91 Å².